The molecular formula is C26H21NO3. The van der Waals surface area contributed by atoms with Crippen molar-refractivity contribution < 1.29 is 14.3 Å². The summed E-state index contributed by atoms with van der Waals surface area (Å²) in [6.45, 7) is 3.89. The van der Waals surface area contributed by atoms with Gasteiger partial charge >= 0.3 is 5.97 Å². The summed E-state index contributed by atoms with van der Waals surface area (Å²) in [4.78, 5) is 31.2. The number of allylic oxidation sites excluding steroid dienone is 1. The van der Waals surface area contributed by atoms with Crippen LogP contribution in [0.4, 0.5) is 0 Å². The van der Waals surface area contributed by atoms with Crippen molar-refractivity contribution in [2.24, 2.45) is 10.9 Å². The number of nitrogens with zero attached hydrogens (tertiary/aromatic N) is 1. The molecule has 0 saturated carbocycles. The molecule has 4 nitrogen and oxygen atoms in total. The Labute approximate surface area is 174 Å². The second-order valence-electron chi connectivity index (χ2n) is 7.69. The fourth-order valence-corrected chi connectivity index (χ4v) is 4.70. The third kappa shape index (κ3) is 2.71. The molecule has 0 fully saturated rings. The Kier molecular flexibility index (Phi) is 4.35. The van der Waals surface area contributed by atoms with E-state index >= 15 is 0 Å². The first kappa shape index (κ1) is 18.5. The van der Waals surface area contributed by atoms with Crippen LogP contribution in [0.2, 0.25) is 0 Å². The lowest BCUT2D eigenvalue weighted by Gasteiger charge is -2.30. The van der Waals surface area contributed by atoms with E-state index in [0.29, 0.717) is 16.8 Å². The fourth-order valence-electron chi connectivity index (χ4n) is 4.70. The van der Waals surface area contributed by atoms with Crippen molar-refractivity contribution in [3.8, 4) is 0 Å². The molecule has 0 N–H and O–H groups in total. The van der Waals surface area contributed by atoms with Crippen LogP contribution >= 0.6 is 0 Å². The van der Waals surface area contributed by atoms with Gasteiger partial charge in [0, 0.05) is 22.7 Å². The van der Waals surface area contributed by atoms with E-state index in [4.69, 9.17) is 9.73 Å². The second kappa shape index (κ2) is 7.06. The summed E-state index contributed by atoms with van der Waals surface area (Å²) < 4.78 is 5.37. The van der Waals surface area contributed by atoms with E-state index in [2.05, 4.69) is 12.1 Å². The maximum Gasteiger partial charge on any atom is 0.336 e. The van der Waals surface area contributed by atoms with Gasteiger partial charge in [-0.3, -0.25) is 9.79 Å². The van der Waals surface area contributed by atoms with E-state index < -0.39 is 17.8 Å². The van der Waals surface area contributed by atoms with Crippen LogP contribution in [0.25, 0.3) is 10.8 Å². The van der Waals surface area contributed by atoms with Crippen molar-refractivity contribution in [1.29, 1.82) is 0 Å². The van der Waals surface area contributed by atoms with Crippen molar-refractivity contribution in [2.75, 3.05) is 6.61 Å². The van der Waals surface area contributed by atoms with E-state index in [1.54, 1.807) is 6.92 Å². The average Bonchev–Trinajstić information content (AvgIpc) is 3.04. The summed E-state index contributed by atoms with van der Waals surface area (Å²) in [5.74, 6) is -1.34. The molecule has 2 atom stereocenters. The van der Waals surface area contributed by atoms with Gasteiger partial charge in [0.1, 0.15) is 0 Å². The molecular weight excluding hydrogens is 374 g/mol. The molecule has 1 aliphatic carbocycles. The molecule has 4 heteroatoms. The number of esters is 1. The smallest absolute Gasteiger partial charge is 0.336 e. The lowest BCUT2D eigenvalue weighted by atomic mass is 9.75. The maximum absolute atomic E-state index is 13.5. The molecule has 0 amide bonds. The number of Topliss-reactive ketones (excluding diaryl/α,β-unsaturated/α-hetero) is 1. The number of hydrogen-bond donors (Lipinski definition) is 0. The SMILES string of the molecule is CCOC(=O)C1=C(C)N=C2c3ccccc3C(=O)[C@H]2[C@H]1c1ccc2ccccc2c1. The molecule has 0 spiro atoms. The van der Waals surface area contributed by atoms with E-state index in [-0.39, 0.29) is 12.4 Å². The molecule has 5 rings (SSSR count). The van der Waals surface area contributed by atoms with Crippen LogP contribution in [0.5, 0.6) is 0 Å². The zero-order valence-corrected chi connectivity index (χ0v) is 16.9. The first-order valence-corrected chi connectivity index (χ1v) is 10.2. The highest BCUT2D eigenvalue weighted by molar-refractivity contribution is 6.30. The Balaban J connectivity index is 1.74. The van der Waals surface area contributed by atoms with Crippen LogP contribution in [-0.4, -0.2) is 24.1 Å². The minimum Gasteiger partial charge on any atom is -0.463 e. The van der Waals surface area contributed by atoms with Gasteiger partial charge in [0.2, 0.25) is 0 Å². The van der Waals surface area contributed by atoms with Gasteiger partial charge in [0.05, 0.1) is 23.8 Å². The minimum absolute atomic E-state index is 0.0109. The van der Waals surface area contributed by atoms with Gasteiger partial charge in [-0.2, -0.15) is 0 Å². The molecule has 1 aliphatic heterocycles. The summed E-state index contributed by atoms with van der Waals surface area (Å²) in [6.07, 6.45) is 0. The molecule has 0 unspecified atom stereocenters. The Morgan fingerprint density at radius 2 is 1.63 bits per heavy atom. The Morgan fingerprint density at radius 3 is 2.40 bits per heavy atom. The molecule has 0 saturated heterocycles. The molecule has 30 heavy (non-hydrogen) atoms. The Bertz CT molecular complexity index is 1270. The van der Waals surface area contributed by atoms with E-state index in [9.17, 15) is 9.59 Å². The zero-order chi connectivity index (χ0) is 20.8. The number of carbonyl (C=O) groups excluding carboxylic acids is 2. The molecule has 1 heterocycles. The second-order valence-corrected chi connectivity index (χ2v) is 7.69. The summed E-state index contributed by atoms with van der Waals surface area (Å²) in [7, 11) is 0. The molecule has 0 aromatic heterocycles. The van der Waals surface area contributed by atoms with Gasteiger partial charge in [0.15, 0.2) is 5.78 Å². The number of ether oxygens (including phenoxy) is 1. The van der Waals surface area contributed by atoms with Crippen molar-refractivity contribution in [2.45, 2.75) is 19.8 Å². The number of ketones is 1. The molecule has 3 aromatic carbocycles. The molecule has 0 radical (unpaired) electrons. The van der Waals surface area contributed by atoms with Crippen molar-refractivity contribution in [1.82, 2.24) is 0 Å². The first-order valence-electron chi connectivity index (χ1n) is 10.2. The summed E-state index contributed by atoms with van der Waals surface area (Å²) >= 11 is 0. The highest BCUT2D eigenvalue weighted by Gasteiger charge is 2.47. The monoisotopic (exact) mass is 395 g/mol. The molecule has 2 aliphatic rings. The number of carbonyl (C=O) groups is 2. The Hall–Kier alpha value is -3.53. The highest BCUT2D eigenvalue weighted by Crippen LogP contribution is 2.46. The first-order chi connectivity index (χ1) is 14.6. The standard InChI is InChI=1S/C26H21NO3/c1-3-30-26(29)21-15(2)27-24-19-10-6-7-11-20(19)25(28)23(24)22(21)18-13-12-16-8-4-5-9-17(16)14-18/h4-14,22-23H,3H2,1-2H3/t22-,23-/m0/s1. The van der Waals surface area contributed by atoms with Crippen LogP contribution in [0.3, 0.4) is 0 Å². The van der Waals surface area contributed by atoms with Crippen molar-refractivity contribution in [3.05, 3.63) is 94.7 Å². The molecule has 148 valence electrons. The fraction of sp³-hybridized carbons (Fsp3) is 0.192. The van der Waals surface area contributed by atoms with Gasteiger partial charge in [-0.05, 0) is 30.2 Å². The molecule has 3 aromatic rings. The third-order valence-electron chi connectivity index (χ3n) is 6.00. The van der Waals surface area contributed by atoms with Gasteiger partial charge in [-0.1, -0.05) is 66.7 Å². The normalized spacial score (nSPS) is 20.1. The quantitative estimate of drug-likeness (QED) is 0.582. The van der Waals surface area contributed by atoms with Gasteiger partial charge < -0.3 is 4.74 Å². The summed E-state index contributed by atoms with van der Waals surface area (Å²) in [5.41, 5.74) is 4.30. The lowest BCUT2D eigenvalue weighted by Crippen LogP contribution is -2.32. The zero-order valence-electron chi connectivity index (χ0n) is 16.9. The van der Waals surface area contributed by atoms with E-state index in [0.717, 1.165) is 27.6 Å². The number of hydrogen-bond acceptors (Lipinski definition) is 4. The number of rotatable bonds is 3. The van der Waals surface area contributed by atoms with Gasteiger partial charge in [0.25, 0.3) is 0 Å². The van der Waals surface area contributed by atoms with Crippen molar-refractivity contribution >= 4 is 28.2 Å². The van der Waals surface area contributed by atoms with Crippen LogP contribution in [0.1, 0.15) is 41.3 Å². The third-order valence-corrected chi connectivity index (χ3v) is 6.00. The predicted molar refractivity (Wildman–Crippen MR) is 117 cm³/mol. The number of aliphatic imine (C=N–C) groups is 1. The molecule has 0 bridgehead atoms. The number of fused-ring (bicyclic) bond motifs is 4. The van der Waals surface area contributed by atoms with Crippen molar-refractivity contribution in [3.63, 3.8) is 0 Å². The summed E-state index contributed by atoms with van der Waals surface area (Å²) in [5, 5.41) is 2.19. The predicted octanol–water partition coefficient (Wildman–Crippen LogP) is 5.08. The van der Waals surface area contributed by atoms with Crippen LogP contribution < -0.4 is 0 Å². The average molecular weight is 395 g/mol. The van der Waals surface area contributed by atoms with Gasteiger partial charge in [-0.25, -0.2) is 4.79 Å². The van der Waals surface area contributed by atoms with Gasteiger partial charge in [-0.15, -0.1) is 0 Å². The van der Waals surface area contributed by atoms with Crippen LogP contribution in [-0.2, 0) is 9.53 Å². The van der Waals surface area contributed by atoms with Crippen LogP contribution in [0.15, 0.2) is 83.0 Å². The maximum atomic E-state index is 13.5. The minimum atomic E-state index is -0.522. The van der Waals surface area contributed by atoms with E-state index in [1.807, 2.05) is 61.5 Å². The number of benzene rings is 3. The largest absolute Gasteiger partial charge is 0.463 e. The Morgan fingerprint density at radius 1 is 0.933 bits per heavy atom. The van der Waals surface area contributed by atoms with E-state index in [1.165, 1.54) is 0 Å². The summed E-state index contributed by atoms with van der Waals surface area (Å²) in [6, 6.07) is 21.8. The highest BCUT2D eigenvalue weighted by atomic mass is 16.5. The topological polar surface area (TPSA) is 55.7 Å². The lowest BCUT2D eigenvalue weighted by molar-refractivity contribution is -0.139. The van der Waals surface area contributed by atoms with Crippen LogP contribution in [0, 0.1) is 5.92 Å².